The first-order valence-corrected chi connectivity index (χ1v) is 19.2. The summed E-state index contributed by atoms with van der Waals surface area (Å²) in [5.41, 5.74) is 22.2. The van der Waals surface area contributed by atoms with Crippen LogP contribution in [-0.2, 0) is 19.2 Å². The molecule has 0 unspecified atom stereocenters. The van der Waals surface area contributed by atoms with E-state index in [1.165, 1.54) is 0 Å². The molecule has 0 radical (unpaired) electrons. The highest BCUT2D eigenvalue weighted by atomic mass is 16.2. The van der Waals surface area contributed by atoms with E-state index >= 15 is 0 Å². The van der Waals surface area contributed by atoms with Crippen LogP contribution in [0.2, 0.25) is 0 Å². The van der Waals surface area contributed by atoms with Crippen molar-refractivity contribution in [2.75, 3.05) is 0 Å². The predicted octanol–water partition coefficient (Wildman–Crippen LogP) is 4.98. The predicted molar refractivity (Wildman–Crippen MR) is 222 cm³/mol. The van der Waals surface area contributed by atoms with E-state index in [0.717, 1.165) is 86.5 Å². The van der Waals surface area contributed by atoms with Crippen LogP contribution in [0, 0.1) is 0 Å². The van der Waals surface area contributed by atoms with Crippen LogP contribution in [-0.4, -0.2) is 54.1 Å². The molecule has 10 N–H and O–H groups in total. The second kappa shape index (κ2) is 27.9. The number of allylic oxidation sites excluding steroid dienone is 2. The normalized spacial score (nSPS) is 12.9. The van der Waals surface area contributed by atoms with Crippen LogP contribution < -0.4 is 38.9 Å². The van der Waals surface area contributed by atoms with Gasteiger partial charge in [-0.1, -0.05) is 125 Å². The molecule has 0 bridgehead atoms. The summed E-state index contributed by atoms with van der Waals surface area (Å²) in [4.78, 5) is 55.3. The number of aliphatic imine (C=N–C) groups is 1. The molecule has 298 valence electrons. The zero-order chi connectivity index (χ0) is 40.1. The number of rotatable bonds is 26. The molecule has 2 aromatic rings. The van der Waals surface area contributed by atoms with Gasteiger partial charge in [0.1, 0.15) is 12.1 Å². The second-order valence-corrected chi connectivity index (χ2v) is 13.2. The summed E-state index contributed by atoms with van der Waals surface area (Å²) in [6.45, 7) is 4.31. The van der Waals surface area contributed by atoms with Crippen LogP contribution in [0.4, 0.5) is 0 Å². The summed E-state index contributed by atoms with van der Waals surface area (Å²) in [5.74, 6) is 2.63. The van der Waals surface area contributed by atoms with Gasteiger partial charge >= 0.3 is 0 Å². The lowest BCUT2D eigenvalue weighted by molar-refractivity contribution is -0.130. The molecule has 0 heterocycles. The third-order valence-electron chi connectivity index (χ3n) is 8.47. The van der Waals surface area contributed by atoms with Gasteiger partial charge in [0.15, 0.2) is 5.96 Å². The maximum Gasteiger partial charge on any atom is 0.256 e. The van der Waals surface area contributed by atoms with Gasteiger partial charge in [0.05, 0.1) is 12.4 Å². The van der Waals surface area contributed by atoms with Gasteiger partial charge < -0.3 is 16.8 Å². The van der Waals surface area contributed by atoms with Crippen molar-refractivity contribution >= 4 is 54.2 Å². The Balaban J connectivity index is 1.98. The number of hydrazine groups is 1. The molecule has 0 saturated carbocycles. The van der Waals surface area contributed by atoms with E-state index in [2.05, 4.69) is 45.2 Å². The molecular formula is C41H60N10O4. The summed E-state index contributed by atoms with van der Waals surface area (Å²) in [6, 6.07) is 17.3. The van der Waals surface area contributed by atoms with E-state index in [-0.39, 0.29) is 31.6 Å². The molecule has 14 heteroatoms. The van der Waals surface area contributed by atoms with Gasteiger partial charge in [-0.2, -0.15) is 10.2 Å². The van der Waals surface area contributed by atoms with Gasteiger partial charge in [0, 0.05) is 12.8 Å². The summed E-state index contributed by atoms with van der Waals surface area (Å²) < 4.78 is 0. The number of hydrogen-bond acceptors (Lipinski definition) is 8. The van der Waals surface area contributed by atoms with Crippen molar-refractivity contribution < 1.29 is 19.2 Å². The van der Waals surface area contributed by atoms with E-state index in [4.69, 9.17) is 17.3 Å². The third-order valence-corrected chi connectivity index (χ3v) is 8.47. The lowest BCUT2D eigenvalue weighted by Gasteiger charge is -2.19. The molecule has 14 nitrogen and oxygen atoms in total. The number of unbranched alkanes of at least 4 members (excludes halogenated alkanes) is 6. The zero-order valence-corrected chi connectivity index (χ0v) is 32.3. The summed E-state index contributed by atoms with van der Waals surface area (Å²) in [7, 11) is 0. The van der Waals surface area contributed by atoms with Crippen LogP contribution in [0.15, 0.2) is 87.0 Å². The van der Waals surface area contributed by atoms with Gasteiger partial charge in [-0.3, -0.25) is 24.6 Å². The smallest absolute Gasteiger partial charge is 0.256 e. The number of amides is 4. The minimum Gasteiger partial charge on any atom is -0.370 e. The van der Waals surface area contributed by atoms with Crippen LogP contribution >= 0.6 is 0 Å². The molecule has 2 atom stereocenters. The number of nitrogens with two attached hydrogens (primary N) is 3. The first-order valence-electron chi connectivity index (χ1n) is 19.2. The molecule has 0 aromatic heterocycles. The van der Waals surface area contributed by atoms with Gasteiger partial charge in [-0.05, 0) is 60.8 Å². The molecule has 0 aliphatic carbocycles. The Labute approximate surface area is 325 Å². The van der Waals surface area contributed by atoms with E-state index < -0.39 is 35.7 Å². The molecule has 0 saturated heterocycles. The first kappa shape index (κ1) is 45.5. The molecule has 0 spiro atoms. The molecule has 55 heavy (non-hydrogen) atoms. The maximum absolute atomic E-state index is 13.3. The summed E-state index contributed by atoms with van der Waals surface area (Å²) in [5, 5.41) is 10.8. The SMILES string of the molecule is CCCCCCC(/C=N/NC(=O)CC[C@H](N=C(N)N)C(=O)N[C@@H](CCC(=O)N/N=C/C(=C/c1ccccc1)CCCCCC)C(=O)NN)=C\c1ccccc1. The largest absolute Gasteiger partial charge is 0.370 e. The quantitative estimate of drug-likeness (QED) is 0.0174. The van der Waals surface area contributed by atoms with Gasteiger partial charge in [0.25, 0.3) is 5.91 Å². The topological polar surface area (TPSA) is 232 Å². The molecular weight excluding hydrogens is 697 g/mol. The van der Waals surface area contributed by atoms with E-state index in [0.29, 0.717) is 0 Å². The molecule has 0 fully saturated rings. The zero-order valence-electron chi connectivity index (χ0n) is 32.3. The first-order chi connectivity index (χ1) is 26.6. The second-order valence-electron chi connectivity index (χ2n) is 13.2. The van der Waals surface area contributed by atoms with Crippen molar-refractivity contribution in [1.29, 1.82) is 0 Å². The minimum absolute atomic E-state index is 0.0851. The fraction of sp³-hybridized carbons (Fsp3) is 0.439. The summed E-state index contributed by atoms with van der Waals surface area (Å²) >= 11 is 0. The Bertz CT molecular complexity index is 1600. The Morgan fingerprint density at radius 3 is 1.55 bits per heavy atom. The Morgan fingerprint density at radius 1 is 0.636 bits per heavy atom. The average Bonchev–Trinajstić information content (AvgIpc) is 3.18. The fourth-order valence-electron chi connectivity index (χ4n) is 5.49. The number of hydrazone groups is 2. The molecule has 0 aliphatic heterocycles. The molecule has 4 amide bonds. The highest BCUT2D eigenvalue weighted by Gasteiger charge is 2.26. The number of nitrogens with one attached hydrogen (secondary N) is 4. The number of carbonyl (C=O) groups is 4. The van der Waals surface area contributed by atoms with Crippen LogP contribution in [0.3, 0.4) is 0 Å². The number of nitrogens with zero attached hydrogens (tertiary/aromatic N) is 3. The van der Waals surface area contributed by atoms with E-state index in [9.17, 15) is 19.2 Å². The number of carbonyl (C=O) groups excluding carboxylic acids is 4. The number of guanidine groups is 1. The highest BCUT2D eigenvalue weighted by molar-refractivity contribution is 5.92. The Morgan fingerprint density at radius 2 is 1.11 bits per heavy atom. The summed E-state index contributed by atoms with van der Waals surface area (Å²) in [6.07, 6.45) is 17.2. The standard InChI is InChI=1S/C41H60N10O4/c1-3-5-7-11-21-33(27-31-17-13-9-14-18-31)29-45-50-37(52)25-23-35(48-41(42)43)39(54)47-36(40(55)49-44)24-26-38(53)51-46-30-34(22-12-8-6-4-2)28-32-19-15-10-16-20-32/h9-10,13-20,27-30,35-36H,3-8,11-12,21-26,44H2,1-2H3,(H,47,54)(H,49,55)(H,50,52)(H,51,53)(H4,42,43,48)/b33-27+,34-28+,45-29+,46-30+/t35-,36-/m0/s1. The van der Waals surface area contributed by atoms with Crippen molar-refractivity contribution in [2.45, 2.75) is 116 Å². The highest BCUT2D eigenvalue weighted by Crippen LogP contribution is 2.15. The van der Waals surface area contributed by atoms with Crippen molar-refractivity contribution in [3.05, 3.63) is 82.9 Å². The van der Waals surface area contributed by atoms with Crippen molar-refractivity contribution in [3.8, 4) is 0 Å². The lowest BCUT2D eigenvalue weighted by Crippen LogP contribution is -2.51. The average molecular weight is 757 g/mol. The number of benzene rings is 2. The van der Waals surface area contributed by atoms with Crippen molar-refractivity contribution in [1.82, 2.24) is 21.6 Å². The Kier molecular flexibility index (Phi) is 23.1. The molecule has 0 aliphatic rings. The fourth-order valence-corrected chi connectivity index (χ4v) is 5.49. The number of hydrogen-bond donors (Lipinski definition) is 7. The molecule has 2 aromatic carbocycles. The van der Waals surface area contributed by atoms with E-state index in [1.54, 1.807) is 12.4 Å². The minimum atomic E-state index is -1.20. The lowest BCUT2D eigenvalue weighted by atomic mass is 10.0. The van der Waals surface area contributed by atoms with Crippen molar-refractivity contribution in [2.24, 2.45) is 32.5 Å². The van der Waals surface area contributed by atoms with Gasteiger partial charge in [-0.25, -0.2) is 21.7 Å². The third kappa shape index (κ3) is 21.0. The molecule has 2 rings (SSSR count). The van der Waals surface area contributed by atoms with Crippen LogP contribution in [0.25, 0.3) is 12.2 Å². The van der Waals surface area contributed by atoms with Gasteiger partial charge in [-0.15, -0.1) is 0 Å². The monoisotopic (exact) mass is 756 g/mol. The van der Waals surface area contributed by atoms with Crippen LogP contribution in [0.1, 0.15) is 115 Å². The maximum atomic E-state index is 13.3. The Hall–Kier alpha value is -5.63. The van der Waals surface area contributed by atoms with E-state index in [1.807, 2.05) is 78.2 Å². The van der Waals surface area contributed by atoms with Crippen molar-refractivity contribution in [3.63, 3.8) is 0 Å². The van der Waals surface area contributed by atoms with Gasteiger partial charge in [0.2, 0.25) is 17.7 Å². The van der Waals surface area contributed by atoms with Crippen LogP contribution in [0.5, 0.6) is 0 Å².